The molecule has 0 aliphatic rings. The van der Waals surface area contributed by atoms with E-state index in [0.717, 1.165) is 5.76 Å². The zero-order valence-corrected chi connectivity index (χ0v) is 13.8. The molecule has 1 heterocycles. The molecule has 0 spiro atoms. The number of amides is 1. The summed E-state index contributed by atoms with van der Waals surface area (Å²) in [4.78, 5) is 23.6. The van der Waals surface area contributed by atoms with Crippen LogP contribution in [0.15, 0.2) is 40.8 Å². The van der Waals surface area contributed by atoms with E-state index >= 15 is 0 Å². The van der Waals surface area contributed by atoms with Gasteiger partial charge in [0.25, 0.3) is 5.91 Å². The molecule has 1 aromatic heterocycles. The monoisotopic (exact) mass is 315 g/mol. The van der Waals surface area contributed by atoms with E-state index < -0.39 is 6.10 Å². The van der Waals surface area contributed by atoms with E-state index in [1.165, 1.54) is 6.92 Å². The summed E-state index contributed by atoms with van der Waals surface area (Å²) >= 11 is 0. The quantitative estimate of drug-likeness (QED) is 0.829. The number of ether oxygens (including phenoxy) is 1. The Kier molecular flexibility index (Phi) is 5.21. The van der Waals surface area contributed by atoms with Crippen molar-refractivity contribution < 1.29 is 18.7 Å². The van der Waals surface area contributed by atoms with E-state index in [1.807, 2.05) is 26.0 Å². The third-order valence-electron chi connectivity index (χ3n) is 3.47. The predicted octanol–water partition coefficient (Wildman–Crippen LogP) is 3.44. The van der Waals surface area contributed by atoms with Crippen LogP contribution in [0.1, 0.15) is 48.7 Å². The fourth-order valence-electron chi connectivity index (χ4n) is 2.13. The molecule has 0 fully saturated rings. The summed E-state index contributed by atoms with van der Waals surface area (Å²) in [6.07, 6.45) is -0.685. The lowest BCUT2D eigenvalue weighted by Crippen LogP contribution is -2.37. The second kappa shape index (κ2) is 7.13. The molecule has 0 saturated heterocycles. The molecule has 0 unspecified atom stereocenters. The number of carbonyl (C=O) groups is 2. The van der Waals surface area contributed by atoms with Gasteiger partial charge in [-0.15, -0.1) is 0 Å². The van der Waals surface area contributed by atoms with Crippen molar-refractivity contribution in [1.82, 2.24) is 5.32 Å². The fourth-order valence-corrected chi connectivity index (χ4v) is 2.13. The average Bonchev–Trinajstić information content (AvgIpc) is 2.94. The molecule has 1 aromatic carbocycles. The van der Waals surface area contributed by atoms with Crippen LogP contribution in [0.25, 0.3) is 0 Å². The first kappa shape index (κ1) is 16.8. The summed E-state index contributed by atoms with van der Waals surface area (Å²) in [7, 11) is 0. The summed E-state index contributed by atoms with van der Waals surface area (Å²) < 4.78 is 11.1. The molecule has 0 bridgehead atoms. The fraction of sp³-hybridized carbons (Fsp3) is 0.333. The maximum absolute atomic E-state index is 12.2. The third-order valence-corrected chi connectivity index (χ3v) is 3.47. The van der Waals surface area contributed by atoms with Gasteiger partial charge in [-0.2, -0.15) is 0 Å². The van der Waals surface area contributed by atoms with Crippen LogP contribution < -0.4 is 10.1 Å². The second-order valence-electron chi connectivity index (χ2n) is 5.52. The Labute approximate surface area is 135 Å². The van der Waals surface area contributed by atoms with Crippen LogP contribution in [-0.4, -0.2) is 17.8 Å². The van der Waals surface area contributed by atoms with Gasteiger partial charge in [0.05, 0.1) is 6.04 Å². The molecule has 1 N–H and O–H groups in total. The van der Waals surface area contributed by atoms with Crippen molar-refractivity contribution in [2.75, 3.05) is 0 Å². The maximum atomic E-state index is 12.2. The van der Waals surface area contributed by atoms with Gasteiger partial charge < -0.3 is 14.5 Å². The molecule has 0 aliphatic heterocycles. The van der Waals surface area contributed by atoms with Crippen LogP contribution in [-0.2, 0) is 4.79 Å². The summed E-state index contributed by atoms with van der Waals surface area (Å²) in [5, 5.41) is 2.84. The molecule has 2 rings (SSSR count). The van der Waals surface area contributed by atoms with E-state index in [2.05, 4.69) is 5.32 Å². The van der Waals surface area contributed by atoms with Gasteiger partial charge in [-0.25, -0.2) is 0 Å². The number of hydrogen-bond donors (Lipinski definition) is 1. The number of rotatable bonds is 6. The molecular formula is C18H21NO4. The highest BCUT2D eigenvalue weighted by molar-refractivity contribution is 5.94. The van der Waals surface area contributed by atoms with Crippen molar-refractivity contribution in [3.8, 4) is 5.75 Å². The van der Waals surface area contributed by atoms with Gasteiger partial charge in [-0.3, -0.25) is 9.59 Å². The first-order valence-corrected chi connectivity index (χ1v) is 7.51. The average molecular weight is 315 g/mol. The molecule has 2 aromatic rings. The summed E-state index contributed by atoms with van der Waals surface area (Å²) in [6.45, 7) is 6.85. The largest absolute Gasteiger partial charge is 0.481 e. The minimum absolute atomic E-state index is 0.0469. The van der Waals surface area contributed by atoms with E-state index in [1.54, 1.807) is 31.2 Å². The van der Waals surface area contributed by atoms with Crippen LogP contribution in [0.4, 0.5) is 0 Å². The Morgan fingerprint density at radius 2 is 1.91 bits per heavy atom. The lowest BCUT2D eigenvalue weighted by atomic mass is 10.1. The molecule has 0 radical (unpaired) electrons. The maximum Gasteiger partial charge on any atom is 0.261 e. The van der Waals surface area contributed by atoms with Gasteiger partial charge in [-0.1, -0.05) is 12.1 Å². The number of nitrogens with one attached hydrogen (secondary N) is 1. The van der Waals surface area contributed by atoms with Crippen LogP contribution in [0.3, 0.4) is 0 Å². The van der Waals surface area contributed by atoms with Crippen molar-refractivity contribution in [2.45, 2.75) is 39.8 Å². The smallest absolute Gasteiger partial charge is 0.261 e. The topological polar surface area (TPSA) is 68.5 Å². The number of ketones is 1. The van der Waals surface area contributed by atoms with Crippen LogP contribution in [0.5, 0.6) is 5.75 Å². The van der Waals surface area contributed by atoms with Crippen molar-refractivity contribution in [3.05, 3.63) is 53.5 Å². The Morgan fingerprint density at radius 3 is 2.52 bits per heavy atom. The lowest BCUT2D eigenvalue weighted by Gasteiger charge is -2.18. The minimum Gasteiger partial charge on any atom is -0.481 e. The first-order chi connectivity index (χ1) is 10.9. The number of furan rings is 1. The highest BCUT2D eigenvalue weighted by Crippen LogP contribution is 2.18. The van der Waals surface area contributed by atoms with E-state index in [9.17, 15) is 9.59 Å². The molecule has 1 amide bonds. The molecular weight excluding hydrogens is 294 g/mol. The van der Waals surface area contributed by atoms with Crippen LogP contribution >= 0.6 is 0 Å². The van der Waals surface area contributed by atoms with E-state index in [4.69, 9.17) is 9.15 Å². The third kappa shape index (κ3) is 4.45. The van der Waals surface area contributed by atoms with E-state index in [0.29, 0.717) is 17.1 Å². The number of Topliss-reactive ketones (excluding diaryl/α,β-unsaturated/α-hetero) is 1. The van der Waals surface area contributed by atoms with E-state index in [-0.39, 0.29) is 17.7 Å². The Morgan fingerprint density at radius 1 is 1.17 bits per heavy atom. The molecule has 5 heteroatoms. The number of aryl methyl sites for hydroxylation is 1. The number of hydrogen-bond acceptors (Lipinski definition) is 4. The Balaban J connectivity index is 1.97. The van der Waals surface area contributed by atoms with Crippen molar-refractivity contribution in [2.24, 2.45) is 0 Å². The van der Waals surface area contributed by atoms with Gasteiger partial charge in [0.2, 0.25) is 0 Å². The highest BCUT2D eigenvalue weighted by atomic mass is 16.5. The molecule has 122 valence electrons. The van der Waals surface area contributed by atoms with Gasteiger partial charge in [0.15, 0.2) is 11.9 Å². The van der Waals surface area contributed by atoms with Crippen LogP contribution in [0, 0.1) is 6.92 Å². The van der Waals surface area contributed by atoms with Crippen molar-refractivity contribution in [1.29, 1.82) is 0 Å². The highest BCUT2D eigenvalue weighted by Gasteiger charge is 2.19. The van der Waals surface area contributed by atoms with Crippen molar-refractivity contribution in [3.63, 3.8) is 0 Å². The Bertz CT molecular complexity index is 705. The van der Waals surface area contributed by atoms with Gasteiger partial charge in [0.1, 0.15) is 17.3 Å². The SMILES string of the molecule is CC(=O)c1cccc(O[C@@H](C)C(=O)N[C@H](C)c2ccc(C)o2)c1. The summed E-state index contributed by atoms with van der Waals surface area (Å²) in [5.41, 5.74) is 0.550. The molecule has 2 atom stereocenters. The Hall–Kier alpha value is -2.56. The predicted molar refractivity (Wildman–Crippen MR) is 86.5 cm³/mol. The molecule has 0 aliphatic carbocycles. The molecule has 5 nitrogen and oxygen atoms in total. The second-order valence-corrected chi connectivity index (χ2v) is 5.52. The van der Waals surface area contributed by atoms with Gasteiger partial charge in [0, 0.05) is 5.56 Å². The molecule has 0 saturated carbocycles. The van der Waals surface area contributed by atoms with Crippen molar-refractivity contribution >= 4 is 11.7 Å². The van der Waals surface area contributed by atoms with Gasteiger partial charge >= 0.3 is 0 Å². The standard InChI is InChI=1S/C18H21NO4/c1-11-8-9-17(22-11)12(2)19-18(21)14(4)23-16-7-5-6-15(10-16)13(3)20/h5-10,12,14H,1-4H3,(H,19,21)/t12-,14+/m1/s1. The molecule has 23 heavy (non-hydrogen) atoms. The lowest BCUT2D eigenvalue weighted by molar-refractivity contribution is -0.128. The first-order valence-electron chi connectivity index (χ1n) is 7.51. The number of benzene rings is 1. The van der Waals surface area contributed by atoms with Gasteiger partial charge in [-0.05, 0) is 52.0 Å². The zero-order chi connectivity index (χ0) is 17.0. The minimum atomic E-state index is -0.685. The zero-order valence-electron chi connectivity index (χ0n) is 13.8. The normalized spacial score (nSPS) is 13.2. The summed E-state index contributed by atoms with van der Waals surface area (Å²) in [5.74, 6) is 1.68. The van der Waals surface area contributed by atoms with Crippen LogP contribution in [0.2, 0.25) is 0 Å². The number of carbonyl (C=O) groups excluding carboxylic acids is 2. The summed E-state index contributed by atoms with van der Waals surface area (Å²) in [6, 6.07) is 10.2.